The van der Waals surface area contributed by atoms with E-state index in [9.17, 15) is 9.18 Å². The molecule has 0 aliphatic carbocycles. The predicted octanol–water partition coefficient (Wildman–Crippen LogP) is 4.35. The van der Waals surface area contributed by atoms with Crippen LogP contribution in [0, 0.1) is 18.2 Å². The lowest BCUT2D eigenvalue weighted by molar-refractivity contribution is -0.122. The molecular weight excluding hydrogens is 311 g/mol. The third-order valence-electron chi connectivity index (χ3n) is 3.35. The molecule has 0 unspecified atom stereocenters. The number of carbonyl (C=O) groups excluding carboxylic acids is 1. The van der Waals surface area contributed by atoms with Gasteiger partial charge in [0, 0.05) is 29.8 Å². The molecule has 0 atom stereocenters. The third-order valence-corrected chi connectivity index (χ3v) is 4.62. The Labute approximate surface area is 141 Å². The molecule has 0 bridgehead atoms. The van der Waals surface area contributed by atoms with Crippen molar-refractivity contribution in [1.29, 1.82) is 0 Å². The number of nitrogens with zero attached hydrogens (tertiary/aromatic N) is 1. The maximum absolute atomic E-state index is 13.0. The first-order valence-corrected chi connectivity index (χ1v) is 8.55. The topological polar surface area (TPSA) is 42.0 Å². The summed E-state index contributed by atoms with van der Waals surface area (Å²) in [6.45, 7) is 8.73. The number of hydrogen-bond donors (Lipinski definition) is 1. The van der Waals surface area contributed by atoms with Gasteiger partial charge in [0.25, 0.3) is 0 Å². The molecule has 1 amide bonds. The second kappa shape index (κ2) is 7.21. The molecule has 1 heterocycles. The fourth-order valence-corrected chi connectivity index (χ4v) is 3.30. The van der Waals surface area contributed by atoms with Crippen molar-refractivity contribution in [1.82, 2.24) is 10.3 Å². The summed E-state index contributed by atoms with van der Waals surface area (Å²) in [7, 11) is 0. The quantitative estimate of drug-likeness (QED) is 0.883. The largest absolute Gasteiger partial charge is 0.356 e. The number of aryl methyl sites for hydroxylation is 1. The van der Waals surface area contributed by atoms with E-state index in [1.165, 1.54) is 12.1 Å². The van der Waals surface area contributed by atoms with Crippen molar-refractivity contribution in [3.05, 3.63) is 40.7 Å². The molecule has 3 nitrogen and oxygen atoms in total. The summed E-state index contributed by atoms with van der Waals surface area (Å²) in [5, 5.41) is 3.85. The molecule has 0 aliphatic heterocycles. The van der Waals surface area contributed by atoms with E-state index in [0.717, 1.165) is 27.6 Å². The van der Waals surface area contributed by atoms with Crippen LogP contribution in [0.5, 0.6) is 0 Å². The number of amides is 1. The zero-order valence-electron chi connectivity index (χ0n) is 14.1. The molecule has 1 aromatic heterocycles. The zero-order chi connectivity index (χ0) is 17.0. The lowest BCUT2D eigenvalue weighted by Crippen LogP contribution is -2.29. The second-order valence-corrected chi connectivity index (χ2v) is 7.96. The summed E-state index contributed by atoms with van der Waals surface area (Å²) in [4.78, 5) is 17.5. The number of thiazole rings is 1. The van der Waals surface area contributed by atoms with Crippen molar-refractivity contribution in [3.8, 4) is 10.6 Å². The van der Waals surface area contributed by atoms with Crippen LogP contribution in [0.1, 0.15) is 37.8 Å². The monoisotopic (exact) mass is 334 g/mol. The van der Waals surface area contributed by atoms with E-state index in [1.54, 1.807) is 23.5 Å². The minimum Gasteiger partial charge on any atom is -0.356 e. The van der Waals surface area contributed by atoms with E-state index in [0.29, 0.717) is 13.0 Å². The van der Waals surface area contributed by atoms with Gasteiger partial charge < -0.3 is 5.32 Å². The lowest BCUT2D eigenvalue weighted by atomic mass is 9.92. The molecule has 0 saturated carbocycles. The van der Waals surface area contributed by atoms with Crippen LogP contribution in [0.2, 0.25) is 0 Å². The highest BCUT2D eigenvalue weighted by atomic mass is 32.1. The Morgan fingerprint density at radius 2 is 1.91 bits per heavy atom. The smallest absolute Gasteiger partial charge is 0.220 e. The molecular formula is C18H23FN2OS. The van der Waals surface area contributed by atoms with E-state index in [2.05, 4.69) is 31.1 Å². The van der Waals surface area contributed by atoms with Gasteiger partial charge in [0.05, 0.1) is 5.69 Å². The first-order valence-electron chi connectivity index (χ1n) is 7.73. The highest BCUT2D eigenvalue weighted by Gasteiger charge is 2.16. The maximum Gasteiger partial charge on any atom is 0.220 e. The van der Waals surface area contributed by atoms with Gasteiger partial charge in [0.1, 0.15) is 10.8 Å². The summed E-state index contributed by atoms with van der Waals surface area (Å²) in [6, 6.07) is 6.36. The van der Waals surface area contributed by atoms with Crippen LogP contribution in [-0.2, 0) is 11.2 Å². The third kappa shape index (κ3) is 5.43. The standard InChI is InChI=1S/C18H23FN2OS/c1-12-15(9-10-20-16(22)11-18(2,3)4)23-17(21-12)13-5-7-14(19)8-6-13/h5-8H,9-11H2,1-4H3,(H,20,22). The molecule has 0 spiro atoms. The van der Waals surface area contributed by atoms with Crippen LogP contribution in [0.25, 0.3) is 10.6 Å². The van der Waals surface area contributed by atoms with E-state index >= 15 is 0 Å². The maximum atomic E-state index is 13.0. The van der Waals surface area contributed by atoms with Crippen LogP contribution in [0.15, 0.2) is 24.3 Å². The molecule has 1 aromatic carbocycles. The number of aromatic nitrogens is 1. The lowest BCUT2D eigenvalue weighted by Gasteiger charge is -2.17. The SMILES string of the molecule is Cc1nc(-c2ccc(F)cc2)sc1CCNC(=O)CC(C)(C)C. The van der Waals surface area contributed by atoms with Crippen LogP contribution >= 0.6 is 11.3 Å². The van der Waals surface area contributed by atoms with E-state index < -0.39 is 0 Å². The van der Waals surface area contributed by atoms with Crippen LogP contribution in [0.3, 0.4) is 0 Å². The number of carbonyl (C=O) groups is 1. The molecule has 124 valence electrons. The van der Waals surface area contributed by atoms with Crippen molar-refractivity contribution >= 4 is 17.2 Å². The van der Waals surface area contributed by atoms with Gasteiger partial charge in [0.2, 0.25) is 5.91 Å². The van der Waals surface area contributed by atoms with Crippen LogP contribution in [0.4, 0.5) is 4.39 Å². The molecule has 0 saturated heterocycles. The molecule has 0 fully saturated rings. The Morgan fingerprint density at radius 1 is 1.26 bits per heavy atom. The van der Waals surface area contributed by atoms with Crippen LogP contribution in [-0.4, -0.2) is 17.4 Å². The summed E-state index contributed by atoms with van der Waals surface area (Å²) in [5.41, 5.74) is 1.89. The molecule has 2 aromatic rings. The number of nitrogens with one attached hydrogen (secondary N) is 1. The van der Waals surface area contributed by atoms with Crippen molar-refractivity contribution in [2.45, 2.75) is 40.5 Å². The highest BCUT2D eigenvalue weighted by Crippen LogP contribution is 2.28. The van der Waals surface area contributed by atoms with Crippen molar-refractivity contribution in [2.24, 2.45) is 5.41 Å². The number of benzene rings is 1. The average molecular weight is 334 g/mol. The van der Waals surface area contributed by atoms with E-state index in [1.807, 2.05) is 6.92 Å². The van der Waals surface area contributed by atoms with Gasteiger partial charge in [-0.3, -0.25) is 4.79 Å². The van der Waals surface area contributed by atoms with Crippen molar-refractivity contribution < 1.29 is 9.18 Å². The van der Waals surface area contributed by atoms with Gasteiger partial charge in [-0.2, -0.15) is 0 Å². The Hall–Kier alpha value is -1.75. The Kier molecular flexibility index (Phi) is 5.52. The number of halogens is 1. The van der Waals surface area contributed by atoms with Gasteiger partial charge >= 0.3 is 0 Å². The average Bonchev–Trinajstić information content (AvgIpc) is 2.79. The van der Waals surface area contributed by atoms with E-state index in [-0.39, 0.29) is 17.1 Å². The zero-order valence-corrected chi connectivity index (χ0v) is 14.9. The Balaban J connectivity index is 1.94. The molecule has 23 heavy (non-hydrogen) atoms. The summed E-state index contributed by atoms with van der Waals surface area (Å²) >= 11 is 1.60. The first-order chi connectivity index (χ1) is 10.7. The van der Waals surface area contributed by atoms with Gasteiger partial charge in [0.15, 0.2) is 0 Å². The molecule has 2 rings (SSSR count). The Morgan fingerprint density at radius 3 is 2.52 bits per heavy atom. The summed E-state index contributed by atoms with van der Waals surface area (Å²) in [6.07, 6.45) is 1.29. The van der Waals surface area contributed by atoms with Crippen molar-refractivity contribution in [3.63, 3.8) is 0 Å². The highest BCUT2D eigenvalue weighted by molar-refractivity contribution is 7.15. The normalized spacial score (nSPS) is 11.5. The van der Waals surface area contributed by atoms with Gasteiger partial charge in [-0.05, 0) is 36.6 Å². The van der Waals surface area contributed by atoms with Crippen molar-refractivity contribution in [2.75, 3.05) is 6.54 Å². The molecule has 0 radical (unpaired) electrons. The fourth-order valence-electron chi connectivity index (χ4n) is 2.24. The molecule has 0 aliphatic rings. The fraction of sp³-hybridized carbons (Fsp3) is 0.444. The minimum absolute atomic E-state index is 0.000238. The minimum atomic E-state index is -0.246. The van der Waals surface area contributed by atoms with Crippen LogP contribution < -0.4 is 5.32 Å². The van der Waals surface area contributed by atoms with Gasteiger partial charge in [-0.25, -0.2) is 9.37 Å². The van der Waals surface area contributed by atoms with E-state index in [4.69, 9.17) is 0 Å². The first kappa shape index (κ1) is 17.6. The number of hydrogen-bond acceptors (Lipinski definition) is 3. The van der Waals surface area contributed by atoms with Gasteiger partial charge in [-0.1, -0.05) is 20.8 Å². The predicted molar refractivity (Wildman–Crippen MR) is 93.0 cm³/mol. The number of rotatable bonds is 5. The van der Waals surface area contributed by atoms with Gasteiger partial charge in [-0.15, -0.1) is 11.3 Å². The summed E-state index contributed by atoms with van der Waals surface area (Å²) < 4.78 is 13.0. The second-order valence-electron chi connectivity index (χ2n) is 6.87. The molecule has 1 N–H and O–H groups in total. The summed E-state index contributed by atoms with van der Waals surface area (Å²) in [5.74, 6) is -0.165. The molecule has 5 heteroatoms. The Bertz CT molecular complexity index is 671.